The molecule has 0 radical (unpaired) electrons. The zero-order valence-electron chi connectivity index (χ0n) is 14.9. The molecule has 0 saturated carbocycles. The van der Waals surface area contributed by atoms with Crippen LogP contribution in [0, 0.1) is 0 Å². The number of nitrogens with two attached hydrogens (primary N) is 1. The predicted octanol–water partition coefficient (Wildman–Crippen LogP) is 1.95. The van der Waals surface area contributed by atoms with E-state index in [1.807, 2.05) is 0 Å². The topological polar surface area (TPSA) is 122 Å². The maximum absolute atomic E-state index is 12.9. The van der Waals surface area contributed by atoms with Crippen LogP contribution in [0.15, 0.2) is 53.0 Å². The minimum atomic E-state index is -1.28. The first-order valence-corrected chi connectivity index (χ1v) is 9.10. The second-order valence-electron chi connectivity index (χ2n) is 6.42. The Kier molecular flexibility index (Phi) is 5.19. The number of primary amides is 1. The van der Waals surface area contributed by atoms with Crippen LogP contribution in [0.4, 0.5) is 10.5 Å². The van der Waals surface area contributed by atoms with Gasteiger partial charge in [0.25, 0.3) is 5.91 Å². The molecule has 0 unspecified atom stereocenters. The fourth-order valence-corrected chi connectivity index (χ4v) is 3.63. The molecular formula is C19H17BrN4O4. The van der Waals surface area contributed by atoms with Crippen molar-refractivity contribution < 1.29 is 19.2 Å². The van der Waals surface area contributed by atoms with Gasteiger partial charge in [-0.2, -0.15) is 0 Å². The molecule has 1 saturated heterocycles. The fraction of sp³-hybridized carbons (Fsp3) is 0.158. The summed E-state index contributed by atoms with van der Waals surface area (Å²) >= 11 is 3.39. The molecule has 3 rings (SSSR count). The molecule has 0 bridgehead atoms. The minimum Gasteiger partial charge on any atom is -0.366 e. The second kappa shape index (κ2) is 7.43. The van der Waals surface area contributed by atoms with Crippen LogP contribution in [-0.2, 0) is 15.1 Å². The molecule has 9 heteroatoms. The Hall–Kier alpha value is -3.20. The van der Waals surface area contributed by atoms with Gasteiger partial charge < -0.3 is 16.4 Å². The van der Waals surface area contributed by atoms with Gasteiger partial charge in [0, 0.05) is 21.3 Å². The first kappa shape index (κ1) is 19.6. The number of anilines is 1. The van der Waals surface area contributed by atoms with Gasteiger partial charge in [-0.15, -0.1) is 0 Å². The van der Waals surface area contributed by atoms with E-state index < -0.39 is 35.8 Å². The van der Waals surface area contributed by atoms with E-state index in [0.29, 0.717) is 21.3 Å². The zero-order chi connectivity index (χ0) is 20.5. The van der Waals surface area contributed by atoms with Crippen LogP contribution in [-0.4, -0.2) is 35.2 Å². The molecule has 2 aromatic carbocycles. The fourth-order valence-electron chi connectivity index (χ4n) is 2.95. The maximum atomic E-state index is 12.9. The number of nitrogens with one attached hydrogen (secondary N) is 2. The Morgan fingerprint density at radius 3 is 2.39 bits per heavy atom. The van der Waals surface area contributed by atoms with Crippen LogP contribution in [0.25, 0.3) is 0 Å². The van der Waals surface area contributed by atoms with E-state index in [1.165, 1.54) is 24.3 Å². The number of hydrogen-bond acceptors (Lipinski definition) is 4. The molecule has 1 heterocycles. The number of amides is 5. The highest BCUT2D eigenvalue weighted by Crippen LogP contribution is 2.33. The SMILES string of the molecule is C[C@@]1(c2ccccc2Br)NC(=O)N(CC(=O)Nc2ccc(C(N)=O)cc2)C1=O. The molecule has 0 spiro atoms. The van der Waals surface area contributed by atoms with Gasteiger partial charge in [0.05, 0.1) is 0 Å². The van der Waals surface area contributed by atoms with E-state index in [-0.39, 0.29) is 0 Å². The number of imide groups is 1. The Bertz CT molecular complexity index is 976. The lowest BCUT2D eigenvalue weighted by atomic mass is 9.92. The highest BCUT2D eigenvalue weighted by molar-refractivity contribution is 9.10. The Balaban J connectivity index is 1.73. The third-order valence-electron chi connectivity index (χ3n) is 4.44. The van der Waals surface area contributed by atoms with Crippen molar-refractivity contribution in [2.75, 3.05) is 11.9 Å². The van der Waals surface area contributed by atoms with Gasteiger partial charge in [-0.25, -0.2) is 4.79 Å². The summed E-state index contributed by atoms with van der Waals surface area (Å²) in [6.45, 7) is 1.15. The van der Waals surface area contributed by atoms with Crippen LogP contribution in [0.3, 0.4) is 0 Å². The van der Waals surface area contributed by atoms with Crippen molar-refractivity contribution in [3.05, 3.63) is 64.1 Å². The monoisotopic (exact) mass is 444 g/mol. The molecule has 5 amide bonds. The summed E-state index contributed by atoms with van der Waals surface area (Å²) in [5.74, 6) is -1.65. The van der Waals surface area contributed by atoms with E-state index >= 15 is 0 Å². The summed E-state index contributed by atoms with van der Waals surface area (Å²) in [5, 5.41) is 5.23. The molecule has 0 aliphatic carbocycles. The van der Waals surface area contributed by atoms with Crippen molar-refractivity contribution in [1.82, 2.24) is 10.2 Å². The van der Waals surface area contributed by atoms with Crippen molar-refractivity contribution >= 4 is 45.4 Å². The van der Waals surface area contributed by atoms with Crippen molar-refractivity contribution in [3.8, 4) is 0 Å². The molecule has 8 nitrogen and oxygen atoms in total. The van der Waals surface area contributed by atoms with Crippen LogP contribution >= 0.6 is 15.9 Å². The molecule has 1 fully saturated rings. The molecule has 2 aromatic rings. The van der Waals surface area contributed by atoms with Gasteiger partial charge in [0.1, 0.15) is 12.1 Å². The van der Waals surface area contributed by atoms with E-state index in [2.05, 4.69) is 26.6 Å². The summed E-state index contributed by atoms with van der Waals surface area (Å²) in [6, 6.07) is 12.4. The average Bonchev–Trinajstić information content (AvgIpc) is 2.86. The predicted molar refractivity (Wildman–Crippen MR) is 105 cm³/mol. The smallest absolute Gasteiger partial charge is 0.325 e. The number of benzene rings is 2. The third kappa shape index (κ3) is 3.61. The zero-order valence-corrected chi connectivity index (χ0v) is 16.4. The van der Waals surface area contributed by atoms with E-state index in [4.69, 9.17) is 5.73 Å². The Labute approximate surface area is 169 Å². The van der Waals surface area contributed by atoms with Crippen LogP contribution in [0.1, 0.15) is 22.8 Å². The van der Waals surface area contributed by atoms with Gasteiger partial charge >= 0.3 is 6.03 Å². The summed E-state index contributed by atoms with van der Waals surface area (Å²) in [4.78, 5) is 49.5. The first-order chi connectivity index (χ1) is 13.2. The molecule has 144 valence electrons. The number of carbonyl (C=O) groups excluding carboxylic acids is 4. The highest BCUT2D eigenvalue weighted by Gasteiger charge is 2.50. The number of nitrogens with zero attached hydrogens (tertiary/aromatic N) is 1. The van der Waals surface area contributed by atoms with Gasteiger partial charge in [0.15, 0.2) is 0 Å². The maximum Gasteiger partial charge on any atom is 0.325 e. The Morgan fingerprint density at radius 2 is 1.79 bits per heavy atom. The van der Waals surface area contributed by atoms with E-state index in [0.717, 1.165) is 4.90 Å². The number of halogens is 1. The van der Waals surface area contributed by atoms with Crippen molar-refractivity contribution in [2.45, 2.75) is 12.5 Å². The summed E-state index contributed by atoms with van der Waals surface area (Å²) < 4.78 is 0.673. The summed E-state index contributed by atoms with van der Waals surface area (Å²) in [6.07, 6.45) is 0. The number of hydrogen-bond donors (Lipinski definition) is 3. The summed E-state index contributed by atoms with van der Waals surface area (Å²) in [7, 11) is 0. The lowest BCUT2D eigenvalue weighted by molar-refractivity contribution is -0.133. The minimum absolute atomic E-state index is 0.302. The molecule has 1 aliphatic heterocycles. The number of carbonyl (C=O) groups is 4. The number of rotatable bonds is 5. The van der Waals surface area contributed by atoms with E-state index in [9.17, 15) is 19.2 Å². The highest BCUT2D eigenvalue weighted by atomic mass is 79.9. The van der Waals surface area contributed by atoms with Crippen molar-refractivity contribution in [2.24, 2.45) is 5.73 Å². The summed E-state index contributed by atoms with van der Waals surface area (Å²) in [5.41, 5.74) is 5.20. The largest absolute Gasteiger partial charge is 0.366 e. The standard InChI is InChI=1S/C19H17BrN4O4/c1-19(13-4-2-3-5-14(13)20)17(27)24(18(28)23-19)10-15(25)22-12-8-6-11(7-9-12)16(21)26/h2-9H,10H2,1H3,(H2,21,26)(H,22,25)(H,23,28)/t19-/m0/s1. The van der Waals surface area contributed by atoms with Crippen LogP contribution < -0.4 is 16.4 Å². The quantitative estimate of drug-likeness (QED) is 0.609. The molecular weight excluding hydrogens is 428 g/mol. The van der Waals surface area contributed by atoms with Gasteiger partial charge in [0.2, 0.25) is 11.8 Å². The van der Waals surface area contributed by atoms with Gasteiger partial charge in [-0.1, -0.05) is 34.1 Å². The molecule has 0 aromatic heterocycles. The molecule has 28 heavy (non-hydrogen) atoms. The Morgan fingerprint density at radius 1 is 1.14 bits per heavy atom. The van der Waals surface area contributed by atoms with Gasteiger partial charge in [-0.05, 0) is 37.3 Å². The molecule has 1 atom stereocenters. The lowest BCUT2D eigenvalue weighted by Crippen LogP contribution is -2.42. The third-order valence-corrected chi connectivity index (χ3v) is 5.13. The average molecular weight is 445 g/mol. The molecule has 1 aliphatic rings. The molecule has 4 N–H and O–H groups in total. The van der Waals surface area contributed by atoms with Gasteiger partial charge in [-0.3, -0.25) is 19.3 Å². The first-order valence-electron chi connectivity index (χ1n) is 8.31. The van der Waals surface area contributed by atoms with Crippen LogP contribution in [0.5, 0.6) is 0 Å². The van der Waals surface area contributed by atoms with Crippen molar-refractivity contribution in [3.63, 3.8) is 0 Å². The second-order valence-corrected chi connectivity index (χ2v) is 7.27. The number of urea groups is 1. The lowest BCUT2D eigenvalue weighted by Gasteiger charge is -2.23. The normalized spacial score (nSPS) is 18.7. The van der Waals surface area contributed by atoms with E-state index in [1.54, 1.807) is 31.2 Å². The van der Waals surface area contributed by atoms with Crippen molar-refractivity contribution in [1.29, 1.82) is 0 Å². The van der Waals surface area contributed by atoms with Crippen LogP contribution in [0.2, 0.25) is 0 Å².